The van der Waals surface area contributed by atoms with E-state index in [0.717, 1.165) is 59.6 Å². The number of rotatable bonds is 10. The second-order valence-corrected chi connectivity index (χ2v) is 31.0. The maximum absolute atomic E-state index is 15.9. The molecule has 8 rings (SSSR count). The van der Waals surface area contributed by atoms with E-state index in [1.807, 2.05) is 6.92 Å². The molecule has 100 heavy (non-hydrogen) atoms. The zero-order valence-electron chi connectivity index (χ0n) is 60.6. The van der Waals surface area contributed by atoms with Crippen LogP contribution in [0.4, 0.5) is 13.2 Å². The molecule has 5 unspecified atom stereocenters. The molecule has 3 N–H and O–H groups in total. The molecule has 4 aliphatic heterocycles. The fourth-order valence-corrected chi connectivity index (χ4v) is 17.8. The van der Waals surface area contributed by atoms with Gasteiger partial charge in [0.25, 0.3) is 0 Å². The molecule has 0 radical (unpaired) electrons. The van der Waals surface area contributed by atoms with Crippen molar-refractivity contribution >= 4 is 82.5 Å². The van der Waals surface area contributed by atoms with Gasteiger partial charge in [-0.3, -0.25) is 57.5 Å². The van der Waals surface area contributed by atoms with E-state index in [1.54, 1.807) is 18.7 Å². The summed E-state index contributed by atoms with van der Waals surface area (Å²) in [7, 11) is 10.0. The Hall–Kier alpha value is -6.32. The van der Waals surface area contributed by atoms with E-state index in [9.17, 15) is 41.9 Å². The van der Waals surface area contributed by atoms with Crippen LogP contribution < -0.4 is 16.0 Å². The first kappa shape index (κ1) is 79.4. The van der Waals surface area contributed by atoms with Crippen molar-refractivity contribution in [1.29, 1.82) is 0 Å². The van der Waals surface area contributed by atoms with Crippen LogP contribution >= 0.6 is 11.6 Å². The molecule has 0 aromatic carbocycles. The Morgan fingerprint density at radius 3 is 1.83 bits per heavy atom. The summed E-state index contributed by atoms with van der Waals surface area (Å²) in [4.78, 5) is 191. The first-order valence-corrected chi connectivity index (χ1v) is 37.4. The Balaban J connectivity index is 1.15. The normalized spacial score (nSPS) is 31.9. The van der Waals surface area contributed by atoms with Crippen LogP contribution in [0.5, 0.6) is 0 Å². The molecular weight excluding hydrogens is 1320 g/mol. The smallest absolute Gasteiger partial charge is 0.377 e. The van der Waals surface area contributed by atoms with Gasteiger partial charge in [0.05, 0.1) is 57.3 Å². The van der Waals surface area contributed by atoms with E-state index < -0.39 is 174 Å². The Morgan fingerprint density at radius 2 is 1.22 bits per heavy atom. The number of amides is 12. The predicted octanol–water partition coefficient (Wildman–Crippen LogP) is 4.84. The van der Waals surface area contributed by atoms with Gasteiger partial charge in [-0.1, -0.05) is 85.0 Å². The van der Waals surface area contributed by atoms with Crippen molar-refractivity contribution in [3.8, 4) is 0 Å². The summed E-state index contributed by atoms with van der Waals surface area (Å²) in [6.07, 6.45) is 5.76. The van der Waals surface area contributed by atoms with Crippen LogP contribution in [0.25, 0.3) is 0 Å². The second-order valence-electron chi connectivity index (χ2n) is 30.5. The fourth-order valence-electron chi connectivity index (χ4n) is 17.2. The molecular formula is C71H112ClF3N12O13. The van der Waals surface area contributed by atoms with Gasteiger partial charge in [0, 0.05) is 61.3 Å². The average molecular weight is 1430 g/mol. The lowest BCUT2D eigenvalue weighted by Crippen LogP contribution is -2.65. The first-order chi connectivity index (χ1) is 47.3. The lowest BCUT2D eigenvalue weighted by molar-refractivity contribution is -0.182. The van der Waals surface area contributed by atoms with E-state index in [-0.39, 0.29) is 108 Å². The average Bonchev–Trinajstić information content (AvgIpc) is 1.74. The summed E-state index contributed by atoms with van der Waals surface area (Å²) in [5.41, 5.74) is -1.56. The van der Waals surface area contributed by atoms with Crippen LogP contribution in [0.1, 0.15) is 188 Å². The highest BCUT2D eigenvalue weighted by Crippen LogP contribution is 2.44. The van der Waals surface area contributed by atoms with Gasteiger partial charge in [-0.05, 0) is 120 Å². The number of nitrogens with one attached hydrogen (secondary N) is 3. The monoisotopic (exact) mass is 1430 g/mol. The lowest BCUT2D eigenvalue weighted by Gasteiger charge is -2.44. The van der Waals surface area contributed by atoms with Crippen molar-refractivity contribution in [2.45, 2.75) is 259 Å². The standard InChI is InChI=1S/C71H112ClF3N12O13/c1-11-43(3)60-67(97)81(6)39-58(90)79(4)40-59(91)83(8)54(36-44-21-16-17-22-44)65(95)80(5)38-56(88)76-51(31-27-45-26-30-49(50(72)35-45)71(73,74)75)64(94)86-34-20-25-53(86)63(93)78-70(32-18-19-33-70)69(99)85(10)61(46-23-14-13-15-24-46)68(98)84(9)55(37-57(89)82(7)52(12-2)62(92)77-60)66(96)87-47-28-29-48(87)42-100-41-47/h43-55,60-61H,11-42H2,1-10H3,(H,76,88)(H,77,92)(H,78,93)/t43-,45?,47?,48?,49?,50?,51-,52-,53-,54-,55-,60-,61-/m0/s1. The van der Waals surface area contributed by atoms with Gasteiger partial charge in [0.2, 0.25) is 70.9 Å². The van der Waals surface area contributed by atoms with Crippen molar-refractivity contribution in [3.63, 3.8) is 0 Å². The van der Waals surface area contributed by atoms with Gasteiger partial charge in [-0.15, -0.1) is 11.6 Å². The number of fused-ring (bicyclic) bond motifs is 3. The summed E-state index contributed by atoms with van der Waals surface area (Å²) in [6, 6.07) is -9.26. The highest BCUT2D eigenvalue weighted by Gasteiger charge is 2.53. The summed E-state index contributed by atoms with van der Waals surface area (Å²) >= 11 is 6.40. The predicted molar refractivity (Wildman–Crippen MR) is 365 cm³/mol. The van der Waals surface area contributed by atoms with Crippen molar-refractivity contribution in [3.05, 3.63) is 0 Å². The van der Waals surface area contributed by atoms with Crippen LogP contribution in [0.15, 0.2) is 0 Å². The molecule has 4 heterocycles. The highest BCUT2D eigenvalue weighted by atomic mass is 35.5. The van der Waals surface area contributed by atoms with Crippen molar-refractivity contribution in [1.82, 2.24) is 60.0 Å². The molecule has 29 heteroatoms. The first-order valence-electron chi connectivity index (χ1n) is 36.9. The Bertz CT molecular complexity index is 2950. The van der Waals surface area contributed by atoms with Crippen LogP contribution in [0.3, 0.4) is 0 Å². The summed E-state index contributed by atoms with van der Waals surface area (Å²) in [6.45, 7) is 4.23. The van der Waals surface area contributed by atoms with E-state index in [0.29, 0.717) is 51.4 Å². The fraction of sp³-hybridized carbons (Fsp3) is 0.831. The maximum Gasteiger partial charge on any atom is 0.393 e. The van der Waals surface area contributed by atoms with Gasteiger partial charge in [0.1, 0.15) is 47.8 Å². The zero-order chi connectivity index (χ0) is 73.2. The van der Waals surface area contributed by atoms with Gasteiger partial charge < -0.3 is 64.8 Å². The van der Waals surface area contributed by atoms with Crippen molar-refractivity contribution in [2.75, 3.05) is 88.7 Å². The number of nitrogens with zero attached hydrogens (tertiary/aromatic N) is 9. The van der Waals surface area contributed by atoms with Crippen LogP contribution in [0, 0.1) is 29.6 Å². The molecule has 4 saturated heterocycles. The molecule has 8 aliphatic rings. The molecule has 2 bridgehead atoms. The SMILES string of the molecule is CC[C@H](C)[C@@H]1NC(=O)[C@H](CC)N(C)C(=O)C[C@@H](C(=O)N2C3CCC2COC3)N(C)C(=O)[C@H](C2CCCCC2)N(C)C(=O)C2(CCCC2)NC(=O)[C@@H]2CCCN2C(=O)[C@H](CCC2CCC(C(F)(F)F)C(Cl)C2)NC(=O)CN(C)C(=O)[C@H](CC2CCCC2)N(C)C(=O)CN(C)C(=O)CN(C)C1=O. The number of likely N-dealkylation sites (N-methyl/N-ethyl adjacent to an activating group) is 7. The molecule has 1 spiro atoms. The molecule has 4 saturated carbocycles. The molecule has 12 amide bonds. The molecule has 0 aromatic heterocycles. The van der Waals surface area contributed by atoms with Crippen LogP contribution in [-0.2, 0) is 62.3 Å². The number of alkyl halides is 4. The summed E-state index contributed by atoms with van der Waals surface area (Å²) in [5.74, 6) is -10.5. The molecule has 4 aliphatic carbocycles. The third-order valence-electron chi connectivity index (χ3n) is 23.7. The maximum atomic E-state index is 15.9. The zero-order valence-corrected chi connectivity index (χ0v) is 61.4. The van der Waals surface area contributed by atoms with Gasteiger partial charge in [-0.25, -0.2) is 0 Å². The molecule has 13 atom stereocenters. The third kappa shape index (κ3) is 18.5. The van der Waals surface area contributed by atoms with E-state index in [4.69, 9.17) is 16.3 Å². The van der Waals surface area contributed by atoms with Crippen LogP contribution in [0.2, 0.25) is 0 Å². The molecule has 0 aromatic rings. The summed E-state index contributed by atoms with van der Waals surface area (Å²) in [5, 5.41) is 7.58. The topological polar surface area (TPSA) is 279 Å². The number of carbonyl (C=O) groups excluding carboxylic acids is 12. The number of morpholine rings is 1. The van der Waals surface area contributed by atoms with Gasteiger partial charge >= 0.3 is 6.18 Å². The molecule has 562 valence electrons. The minimum Gasteiger partial charge on any atom is -0.377 e. The highest BCUT2D eigenvalue weighted by molar-refractivity contribution is 6.21. The second kappa shape index (κ2) is 34.8. The Kier molecular flexibility index (Phi) is 27.6. The molecule has 8 fully saturated rings. The molecule has 25 nitrogen and oxygen atoms in total. The van der Waals surface area contributed by atoms with E-state index in [1.165, 1.54) is 73.8 Å². The number of carbonyl (C=O) groups is 12. The minimum absolute atomic E-state index is 0.000290. The van der Waals surface area contributed by atoms with Crippen molar-refractivity contribution in [2.24, 2.45) is 29.6 Å². The number of hydrogen-bond acceptors (Lipinski definition) is 13. The van der Waals surface area contributed by atoms with Gasteiger partial charge in [-0.2, -0.15) is 13.2 Å². The van der Waals surface area contributed by atoms with Gasteiger partial charge in [0.15, 0.2) is 0 Å². The summed E-state index contributed by atoms with van der Waals surface area (Å²) < 4.78 is 47.9. The number of halogens is 4. The Labute approximate surface area is 593 Å². The number of hydrogen-bond donors (Lipinski definition) is 3. The van der Waals surface area contributed by atoms with Crippen molar-refractivity contribution < 1.29 is 75.4 Å². The van der Waals surface area contributed by atoms with Crippen LogP contribution in [-0.4, -0.2) is 275 Å². The Morgan fingerprint density at radius 1 is 0.610 bits per heavy atom. The van der Waals surface area contributed by atoms with E-state index >= 15 is 28.8 Å². The van der Waals surface area contributed by atoms with E-state index in [2.05, 4.69) is 16.0 Å². The quantitative estimate of drug-likeness (QED) is 0.248. The largest absolute Gasteiger partial charge is 0.393 e. The number of ether oxygens (including phenoxy) is 1. The lowest BCUT2D eigenvalue weighted by atomic mass is 9.78. The minimum atomic E-state index is -4.51. The third-order valence-corrected chi connectivity index (χ3v) is 24.2.